The van der Waals surface area contributed by atoms with Gasteiger partial charge in [0.2, 0.25) is 0 Å². The molecule has 6 nitrogen and oxygen atoms in total. The molecule has 1 amide bonds. The van der Waals surface area contributed by atoms with Crippen molar-refractivity contribution in [1.29, 1.82) is 0 Å². The highest BCUT2D eigenvalue weighted by atomic mass is 35.5. The number of ether oxygens (including phenoxy) is 1. The number of carboxylic acid groups (broad SMARTS) is 1. The van der Waals surface area contributed by atoms with Crippen LogP contribution in [-0.2, 0) is 17.8 Å². The lowest BCUT2D eigenvalue weighted by molar-refractivity contribution is -0.139. The normalized spacial score (nSPS) is 11.7. The van der Waals surface area contributed by atoms with Crippen molar-refractivity contribution in [2.45, 2.75) is 19.1 Å². The van der Waals surface area contributed by atoms with Crippen LogP contribution in [0.1, 0.15) is 21.7 Å². The number of fused-ring (bicyclic) bond motifs is 1. The van der Waals surface area contributed by atoms with Crippen molar-refractivity contribution < 1.29 is 23.8 Å². The third kappa shape index (κ3) is 6.05. The summed E-state index contributed by atoms with van der Waals surface area (Å²) in [4.78, 5) is 24.8. The largest absolute Gasteiger partial charge is 0.489 e. The van der Waals surface area contributed by atoms with Gasteiger partial charge in [0, 0.05) is 16.8 Å². The van der Waals surface area contributed by atoms with E-state index in [1.807, 2.05) is 66.7 Å². The predicted molar refractivity (Wildman–Crippen MR) is 146 cm³/mol. The Labute approximate surface area is 224 Å². The number of benzene rings is 4. The SMILES string of the molecule is O=C(NC(Cc1ccc(OCc2ccccc2)cc1)C(=O)O)c1cc2cc(-c3ccc(Cl)cc3)ccc2o1. The average Bonchev–Trinajstić information content (AvgIpc) is 3.37. The van der Waals surface area contributed by atoms with Crippen LogP contribution in [0.4, 0.5) is 0 Å². The molecule has 7 heteroatoms. The minimum absolute atomic E-state index is 0.0455. The second-order valence-electron chi connectivity index (χ2n) is 8.86. The van der Waals surface area contributed by atoms with Crippen LogP contribution in [0.15, 0.2) is 108 Å². The van der Waals surface area contributed by atoms with E-state index in [1.165, 1.54) is 0 Å². The monoisotopic (exact) mass is 525 g/mol. The topological polar surface area (TPSA) is 88.8 Å². The van der Waals surface area contributed by atoms with E-state index in [9.17, 15) is 14.7 Å². The molecule has 0 radical (unpaired) electrons. The first-order valence-corrected chi connectivity index (χ1v) is 12.4. The molecule has 1 unspecified atom stereocenters. The molecule has 38 heavy (non-hydrogen) atoms. The lowest BCUT2D eigenvalue weighted by Crippen LogP contribution is -2.42. The van der Waals surface area contributed by atoms with Gasteiger partial charge in [-0.3, -0.25) is 4.79 Å². The fourth-order valence-electron chi connectivity index (χ4n) is 4.10. The Hall–Kier alpha value is -4.55. The number of rotatable bonds is 9. The number of halogens is 1. The fraction of sp³-hybridized carbons (Fsp3) is 0.0968. The smallest absolute Gasteiger partial charge is 0.326 e. The number of nitrogens with one attached hydrogen (secondary N) is 1. The van der Waals surface area contributed by atoms with Gasteiger partial charge < -0.3 is 19.6 Å². The van der Waals surface area contributed by atoms with Crippen molar-refractivity contribution in [2.24, 2.45) is 0 Å². The third-order valence-corrected chi connectivity index (χ3v) is 6.38. The summed E-state index contributed by atoms with van der Waals surface area (Å²) in [5.74, 6) is -1.01. The van der Waals surface area contributed by atoms with Crippen LogP contribution in [0.2, 0.25) is 5.02 Å². The van der Waals surface area contributed by atoms with E-state index >= 15 is 0 Å². The summed E-state index contributed by atoms with van der Waals surface area (Å²) in [6.45, 7) is 0.437. The summed E-state index contributed by atoms with van der Waals surface area (Å²) < 4.78 is 11.5. The summed E-state index contributed by atoms with van der Waals surface area (Å²) in [6.07, 6.45) is 0.112. The number of carbonyl (C=O) groups excluding carboxylic acids is 1. The highest BCUT2D eigenvalue weighted by Gasteiger charge is 2.23. The molecule has 190 valence electrons. The van der Waals surface area contributed by atoms with E-state index in [2.05, 4.69) is 5.32 Å². The minimum atomic E-state index is -1.14. The molecule has 0 saturated heterocycles. The van der Waals surface area contributed by atoms with E-state index in [-0.39, 0.29) is 12.2 Å². The number of amides is 1. The number of hydrogen-bond acceptors (Lipinski definition) is 4. The zero-order valence-electron chi connectivity index (χ0n) is 20.3. The molecular weight excluding hydrogens is 502 g/mol. The van der Waals surface area contributed by atoms with Gasteiger partial charge in [0.25, 0.3) is 5.91 Å². The summed E-state index contributed by atoms with van der Waals surface area (Å²) in [6, 6.07) is 30.5. The summed E-state index contributed by atoms with van der Waals surface area (Å²) in [7, 11) is 0. The molecule has 0 aliphatic rings. The van der Waals surface area contributed by atoms with Gasteiger partial charge in [-0.15, -0.1) is 0 Å². The number of carboxylic acids is 1. The Morgan fingerprint density at radius 2 is 1.55 bits per heavy atom. The maximum absolute atomic E-state index is 12.9. The van der Waals surface area contributed by atoms with Gasteiger partial charge in [-0.05, 0) is 64.7 Å². The Morgan fingerprint density at radius 3 is 2.26 bits per heavy atom. The molecule has 4 aromatic carbocycles. The molecule has 1 atom stereocenters. The quantitative estimate of drug-likeness (QED) is 0.222. The highest BCUT2D eigenvalue weighted by molar-refractivity contribution is 6.30. The summed E-state index contributed by atoms with van der Waals surface area (Å²) in [5.41, 5.74) is 4.26. The van der Waals surface area contributed by atoms with Crippen LogP contribution in [0.5, 0.6) is 5.75 Å². The fourth-order valence-corrected chi connectivity index (χ4v) is 4.23. The second-order valence-corrected chi connectivity index (χ2v) is 9.29. The summed E-state index contributed by atoms with van der Waals surface area (Å²) in [5, 5.41) is 13.7. The van der Waals surface area contributed by atoms with Gasteiger partial charge in [0.1, 0.15) is 24.0 Å². The van der Waals surface area contributed by atoms with Crippen LogP contribution < -0.4 is 10.1 Å². The number of hydrogen-bond donors (Lipinski definition) is 2. The van der Waals surface area contributed by atoms with Crippen LogP contribution in [-0.4, -0.2) is 23.0 Å². The van der Waals surface area contributed by atoms with E-state index < -0.39 is 17.9 Å². The third-order valence-electron chi connectivity index (χ3n) is 6.13. The van der Waals surface area contributed by atoms with Crippen molar-refractivity contribution in [2.75, 3.05) is 0 Å². The Balaban J connectivity index is 1.24. The zero-order chi connectivity index (χ0) is 26.5. The average molecular weight is 526 g/mol. The highest BCUT2D eigenvalue weighted by Crippen LogP contribution is 2.28. The molecule has 5 aromatic rings. The molecule has 0 spiro atoms. The van der Waals surface area contributed by atoms with Crippen molar-refractivity contribution in [3.8, 4) is 16.9 Å². The first-order valence-electron chi connectivity index (χ1n) is 12.0. The van der Waals surface area contributed by atoms with Crippen LogP contribution in [0.3, 0.4) is 0 Å². The van der Waals surface area contributed by atoms with Gasteiger partial charge in [0.15, 0.2) is 5.76 Å². The van der Waals surface area contributed by atoms with Gasteiger partial charge in [-0.25, -0.2) is 4.79 Å². The minimum Gasteiger partial charge on any atom is -0.489 e. The molecule has 0 saturated carbocycles. The van der Waals surface area contributed by atoms with Crippen LogP contribution >= 0.6 is 11.6 Å². The summed E-state index contributed by atoms with van der Waals surface area (Å²) >= 11 is 5.98. The molecule has 0 fully saturated rings. The Morgan fingerprint density at radius 1 is 0.842 bits per heavy atom. The maximum Gasteiger partial charge on any atom is 0.326 e. The van der Waals surface area contributed by atoms with Crippen molar-refractivity contribution in [3.63, 3.8) is 0 Å². The lowest BCUT2D eigenvalue weighted by Gasteiger charge is -2.14. The van der Waals surface area contributed by atoms with E-state index in [0.29, 0.717) is 23.0 Å². The first-order chi connectivity index (χ1) is 18.4. The molecule has 0 aliphatic heterocycles. The zero-order valence-corrected chi connectivity index (χ0v) is 21.0. The van der Waals surface area contributed by atoms with Crippen molar-refractivity contribution >= 4 is 34.4 Å². The lowest BCUT2D eigenvalue weighted by atomic mass is 10.0. The molecule has 1 aromatic heterocycles. The molecule has 1 heterocycles. The predicted octanol–water partition coefficient (Wildman–Crippen LogP) is 6.76. The molecule has 5 rings (SSSR count). The van der Waals surface area contributed by atoms with Gasteiger partial charge in [-0.1, -0.05) is 72.3 Å². The number of carbonyl (C=O) groups is 2. The molecule has 2 N–H and O–H groups in total. The van der Waals surface area contributed by atoms with Gasteiger partial charge in [0.05, 0.1) is 0 Å². The maximum atomic E-state index is 12.9. The van der Waals surface area contributed by atoms with Crippen LogP contribution in [0, 0.1) is 0 Å². The van der Waals surface area contributed by atoms with Gasteiger partial charge >= 0.3 is 5.97 Å². The first kappa shape index (κ1) is 25.1. The van der Waals surface area contributed by atoms with Gasteiger partial charge in [-0.2, -0.15) is 0 Å². The second kappa shape index (κ2) is 11.2. The van der Waals surface area contributed by atoms with E-state index in [4.69, 9.17) is 20.8 Å². The molecular formula is C31H24ClNO5. The number of furan rings is 1. The van der Waals surface area contributed by atoms with Crippen LogP contribution in [0.25, 0.3) is 22.1 Å². The van der Waals surface area contributed by atoms with E-state index in [1.54, 1.807) is 36.4 Å². The van der Waals surface area contributed by atoms with Crippen molar-refractivity contribution in [3.05, 3.63) is 125 Å². The number of aliphatic carboxylic acids is 1. The molecule has 0 bridgehead atoms. The Bertz CT molecular complexity index is 1560. The Kier molecular flexibility index (Phi) is 7.43. The van der Waals surface area contributed by atoms with E-state index in [0.717, 1.165) is 27.6 Å². The molecule has 0 aliphatic carbocycles. The van der Waals surface area contributed by atoms with Crippen molar-refractivity contribution in [1.82, 2.24) is 5.32 Å². The standard InChI is InChI=1S/C31H24ClNO5/c32-25-11-8-22(9-12-25)23-10-15-28-24(17-23)18-29(38-28)30(34)33-27(31(35)36)16-20-6-13-26(14-7-20)37-19-21-4-2-1-3-5-21/h1-15,17-18,27H,16,19H2,(H,33,34)(H,35,36).